The van der Waals surface area contributed by atoms with E-state index in [1.807, 2.05) is 52.0 Å². The molecular formula is C21H26O5. The molecule has 5 nitrogen and oxygen atoms in total. The second-order valence-corrected chi connectivity index (χ2v) is 7.65. The van der Waals surface area contributed by atoms with Crippen molar-refractivity contribution in [3.63, 3.8) is 0 Å². The maximum atomic E-state index is 11.7. The van der Waals surface area contributed by atoms with E-state index in [0.717, 1.165) is 22.4 Å². The summed E-state index contributed by atoms with van der Waals surface area (Å²) in [5, 5.41) is 0. The standard InChI is InChI=1S/C21H26O5/c1-20(2)11-9-14-17(24-6)15-10-12-21(3,4)26-19(15)13(18(14)25-20)7-8-16(22)23-5/h9-12H,7-8H2,1-6H3. The van der Waals surface area contributed by atoms with Gasteiger partial charge in [-0.25, -0.2) is 0 Å². The number of carbonyl (C=O) groups is 1. The van der Waals surface area contributed by atoms with Gasteiger partial charge in [-0.1, -0.05) is 0 Å². The number of fused-ring (bicyclic) bond motifs is 2. The smallest absolute Gasteiger partial charge is 0.305 e. The summed E-state index contributed by atoms with van der Waals surface area (Å²) in [7, 11) is 3.04. The average Bonchev–Trinajstić information content (AvgIpc) is 2.57. The molecule has 1 aromatic rings. The highest BCUT2D eigenvalue weighted by molar-refractivity contribution is 5.82. The van der Waals surface area contributed by atoms with E-state index in [9.17, 15) is 4.79 Å². The summed E-state index contributed by atoms with van der Waals surface area (Å²) in [5.74, 6) is 1.88. The molecule has 2 aliphatic rings. The van der Waals surface area contributed by atoms with Crippen molar-refractivity contribution in [3.05, 3.63) is 28.8 Å². The van der Waals surface area contributed by atoms with Crippen molar-refractivity contribution < 1.29 is 23.7 Å². The Balaban J connectivity index is 2.22. The van der Waals surface area contributed by atoms with Crippen LogP contribution in [0.25, 0.3) is 12.2 Å². The zero-order valence-corrected chi connectivity index (χ0v) is 16.3. The fraction of sp³-hybridized carbons (Fsp3) is 0.476. The highest BCUT2D eigenvalue weighted by atomic mass is 16.5. The van der Waals surface area contributed by atoms with E-state index in [2.05, 4.69) is 0 Å². The fourth-order valence-electron chi connectivity index (χ4n) is 3.25. The highest BCUT2D eigenvalue weighted by Crippen LogP contribution is 2.50. The number of rotatable bonds is 4. The number of benzene rings is 1. The van der Waals surface area contributed by atoms with E-state index in [-0.39, 0.29) is 12.4 Å². The lowest BCUT2D eigenvalue weighted by Gasteiger charge is -2.35. The first-order valence-electron chi connectivity index (χ1n) is 8.77. The molecular weight excluding hydrogens is 332 g/mol. The number of methoxy groups -OCH3 is 2. The van der Waals surface area contributed by atoms with Crippen LogP contribution in [0.5, 0.6) is 17.2 Å². The number of ether oxygens (including phenoxy) is 4. The van der Waals surface area contributed by atoms with Crippen LogP contribution in [0.3, 0.4) is 0 Å². The maximum absolute atomic E-state index is 11.7. The molecule has 0 spiro atoms. The van der Waals surface area contributed by atoms with Crippen molar-refractivity contribution in [2.24, 2.45) is 0 Å². The summed E-state index contributed by atoms with van der Waals surface area (Å²) in [6.07, 6.45) is 8.77. The van der Waals surface area contributed by atoms with Crippen molar-refractivity contribution in [2.45, 2.75) is 51.7 Å². The summed E-state index contributed by atoms with van der Waals surface area (Å²) in [5.41, 5.74) is 1.71. The molecule has 0 fully saturated rings. The normalized spacial score (nSPS) is 18.2. The Morgan fingerprint density at radius 2 is 1.46 bits per heavy atom. The van der Waals surface area contributed by atoms with Gasteiger partial charge in [0.2, 0.25) is 0 Å². The first kappa shape index (κ1) is 18.4. The second-order valence-electron chi connectivity index (χ2n) is 7.65. The molecule has 0 radical (unpaired) electrons. The van der Waals surface area contributed by atoms with Crippen molar-refractivity contribution in [3.8, 4) is 17.2 Å². The second kappa shape index (κ2) is 6.38. The lowest BCUT2D eigenvalue weighted by atomic mass is 9.90. The Morgan fingerprint density at radius 1 is 0.962 bits per heavy atom. The maximum Gasteiger partial charge on any atom is 0.305 e. The Bertz CT molecular complexity index is 746. The zero-order chi connectivity index (χ0) is 19.1. The van der Waals surface area contributed by atoms with Crippen LogP contribution in [-0.4, -0.2) is 31.4 Å². The van der Waals surface area contributed by atoms with Crippen LogP contribution in [0, 0.1) is 0 Å². The van der Waals surface area contributed by atoms with Crippen LogP contribution >= 0.6 is 0 Å². The van der Waals surface area contributed by atoms with Crippen molar-refractivity contribution in [1.82, 2.24) is 0 Å². The predicted octanol–water partition coefficient (Wildman–Crippen LogP) is 4.17. The number of carbonyl (C=O) groups excluding carboxylic acids is 1. The minimum atomic E-state index is -0.452. The van der Waals surface area contributed by atoms with Crippen molar-refractivity contribution in [2.75, 3.05) is 14.2 Å². The van der Waals surface area contributed by atoms with Crippen LogP contribution in [0.2, 0.25) is 0 Å². The van der Waals surface area contributed by atoms with E-state index >= 15 is 0 Å². The highest BCUT2D eigenvalue weighted by Gasteiger charge is 2.34. The molecule has 2 heterocycles. The molecule has 0 aliphatic carbocycles. The minimum Gasteiger partial charge on any atom is -0.495 e. The molecule has 0 saturated carbocycles. The van der Waals surface area contributed by atoms with E-state index in [1.54, 1.807) is 7.11 Å². The lowest BCUT2D eigenvalue weighted by molar-refractivity contribution is -0.140. The Kier molecular flexibility index (Phi) is 4.51. The molecule has 0 saturated heterocycles. The molecule has 0 atom stereocenters. The molecule has 1 aromatic carbocycles. The third-order valence-corrected chi connectivity index (χ3v) is 4.57. The molecule has 0 amide bonds. The first-order valence-corrected chi connectivity index (χ1v) is 8.77. The van der Waals surface area contributed by atoms with Gasteiger partial charge in [-0.15, -0.1) is 0 Å². The quantitative estimate of drug-likeness (QED) is 0.756. The predicted molar refractivity (Wildman–Crippen MR) is 101 cm³/mol. The Morgan fingerprint density at radius 3 is 1.88 bits per heavy atom. The third kappa shape index (κ3) is 3.30. The van der Waals surface area contributed by atoms with Gasteiger partial charge in [0.1, 0.15) is 28.5 Å². The van der Waals surface area contributed by atoms with Crippen LogP contribution < -0.4 is 14.2 Å². The summed E-state index contributed by atoms with van der Waals surface area (Å²) < 4.78 is 23.0. The molecule has 5 heteroatoms. The number of hydrogen-bond donors (Lipinski definition) is 0. The van der Waals surface area contributed by atoms with E-state index in [0.29, 0.717) is 17.9 Å². The summed E-state index contributed by atoms with van der Waals surface area (Å²) in [4.78, 5) is 11.7. The van der Waals surface area contributed by atoms with Crippen molar-refractivity contribution in [1.29, 1.82) is 0 Å². The van der Waals surface area contributed by atoms with Crippen molar-refractivity contribution >= 4 is 18.1 Å². The van der Waals surface area contributed by atoms with Gasteiger partial charge < -0.3 is 18.9 Å². The van der Waals surface area contributed by atoms with Crippen LogP contribution in [0.15, 0.2) is 12.2 Å². The van der Waals surface area contributed by atoms with Gasteiger partial charge in [0, 0.05) is 12.0 Å². The van der Waals surface area contributed by atoms with Crippen LogP contribution in [0.1, 0.15) is 50.8 Å². The van der Waals surface area contributed by atoms with E-state index < -0.39 is 11.2 Å². The zero-order valence-electron chi connectivity index (χ0n) is 16.3. The Hall–Kier alpha value is -2.43. The first-order chi connectivity index (χ1) is 12.2. The van der Waals surface area contributed by atoms with Crippen LogP contribution in [-0.2, 0) is 16.0 Å². The average molecular weight is 358 g/mol. The molecule has 0 unspecified atom stereocenters. The summed E-state index contributed by atoms with van der Waals surface area (Å²) in [6.45, 7) is 7.97. The molecule has 0 bridgehead atoms. The number of esters is 1. The molecule has 140 valence electrons. The molecule has 0 N–H and O–H groups in total. The van der Waals surface area contributed by atoms with Gasteiger partial charge >= 0.3 is 5.97 Å². The van der Waals surface area contributed by atoms with E-state index in [1.165, 1.54) is 7.11 Å². The Labute approximate surface area is 154 Å². The SMILES string of the molecule is COC(=O)CCc1c2c(c(OC)c3c1OC(C)(C)C=C3)C=CC(C)(C)O2. The van der Waals surface area contributed by atoms with Gasteiger partial charge in [0.25, 0.3) is 0 Å². The van der Waals surface area contributed by atoms with Gasteiger partial charge in [-0.2, -0.15) is 0 Å². The largest absolute Gasteiger partial charge is 0.495 e. The monoisotopic (exact) mass is 358 g/mol. The topological polar surface area (TPSA) is 54.0 Å². The minimum absolute atomic E-state index is 0.253. The molecule has 2 aliphatic heterocycles. The summed E-state index contributed by atoms with van der Waals surface area (Å²) >= 11 is 0. The van der Waals surface area contributed by atoms with E-state index in [4.69, 9.17) is 18.9 Å². The van der Waals surface area contributed by atoms with Gasteiger partial charge in [-0.05, 0) is 58.4 Å². The van der Waals surface area contributed by atoms with Gasteiger partial charge in [0.05, 0.1) is 25.3 Å². The molecule has 3 rings (SSSR count). The summed E-state index contributed by atoms with van der Waals surface area (Å²) in [6, 6.07) is 0. The van der Waals surface area contributed by atoms with Gasteiger partial charge in [-0.3, -0.25) is 4.79 Å². The molecule has 26 heavy (non-hydrogen) atoms. The number of hydrogen-bond acceptors (Lipinski definition) is 5. The molecule has 0 aromatic heterocycles. The van der Waals surface area contributed by atoms with Crippen LogP contribution in [0.4, 0.5) is 0 Å². The lowest BCUT2D eigenvalue weighted by Crippen LogP contribution is -2.31. The third-order valence-electron chi connectivity index (χ3n) is 4.57. The fourth-order valence-corrected chi connectivity index (χ4v) is 3.25. The van der Waals surface area contributed by atoms with Gasteiger partial charge in [0.15, 0.2) is 0 Å².